The molecule has 0 atom stereocenters. The van der Waals surface area contributed by atoms with Crippen molar-refractivity contribution in [2.75, 3.05) is 6.54 Å². The van der Waals surface area contributed by atoms with Gasteiger partial charge in [0.25, 0.3) is 0 Å². The molecule has 0 bridgehead atoms. The van der Waals surface area contributed by atoms with E-state index < -0.39 is 0 Å². The first-order valence-corrected chi connectivity index (χ1v) is 5.56. The number of aromatic nitrogens is 2. The predicted molar refractivity (Wildman–Crippen MR) is 60.4 cm³/mol. The summed E-state index contributed by atoms with van der Waals surface area (Å²) >= 11 is 3.27. The van der Waals surface area contributed by atoms with Gasteiger partial charge < -0.3 is 14.7 Å². The van der Waals surface area contributed by atoms with E-state index in [2.05, 4.69) is 31.2 Å². The highest BCUT2D eigenvalue weighted by Gasteiger charge is 1.99. The molecule has 2 aromatic rings. The maximum atomic E-state index is 5.38. The average Bonchev–Trinajstić information content (AvgIpc) is 2.84. The third-order valence-corrected chi connectivity index (χ3v) is 2.47. The summed E-state index contributed by atoms with van der Waals surface area (Å²) in [6.07, 6.45) is 4.39. The van der Waals surface area contributed by atoms with Crippen LogP contribution < -0.4 is 5.32 Å². The highest BCUT2D eigenvalue weighted by molar-refractivity contribution is 9.10. The van der Waals surface area contributed by atoms with Crippen LogP contribution in [-0.2, 0) is 13.0 Å². The molecule has 0 aromatic carbocycles. The Kier molecular flexibility index (Phi) is 3.58. The van der Waals surface area contributed by atoms with Crippen LogP contribution in [0.3, 0.4) is 0 Å². The minimum absolute atomic E-state index is 0.783. The van der Waals surface area contributed by atoms with E-state index in [4.69, 9.17) is 4.42 Å². The Hall–Kier alpha value is -1.07. The number of furan rings is 1. The zero-order chi connectivity index (χ0) is 10.5. The Morgan fingerprint density at radius 1 is 1.47 bits per heavy atom. The topological polar surface area (TPSA) is 53.9 Å². The van der Waals surface area contributed by atoms with Gasteiger partial charge in [-0.1, -0.05) is 0 Å². The van der Waals surface area contributed by atoms with Crippen molar-refractivity contribution in [3.05, 3.63) is 40.8 Å². The van der Waals surface area contributed by atoms with E-state index in [1.807, 2.05) is 18.3 Å². The van der Waals surface area contributed by atoms with Gasteiger partial charge >= 0.3 is 0 Å². The molecule has 80 valence electrons. The molecule has 0 aliphatic carbocycles. The fourth-order valence-corrected chi connectivity index (χ4v) is 1.64. The van der Waals surface area contributed by atoms with E-state index >= 15 is 0 Å². The van der Waals surface area contributed by atoms with Crippen molar-refractivity contribution < 1.29 is 4.42 Å². The van der Waals surface area contributed by atoms with E-state index in [1.165, 1.54) is 0 Å². The van der Waals surface area contributed by atoms with Crippen LogP contribution >= 0.6 is 15.9 Å². The van der Waals surface area contributed by atoms with E-state index in [9.17, 15) is 0 Å². The molecule has 0 saturated carbocycles. The Morgan fingerprint density at radius 2 is 2.40 bits per heavy atom. The van der Waals surface area contributed by atoms with Crippen LogP contribution in [0.15, 0.2) is 33.7 Å². The molecule has 0 radical (unpaired) electrons. The quantitative estimate of drug-likeness (QED) is 0.818. The first kappa shape index (κ1) is 10.4. The highest BCUT2D eigenvalue weighted by Crippen LogP contribution is 2.13. The molecule has 2 N–H and O–H groups in total. The molecule has 0 saturated heterocycles. The fraction of sp³-hybridized carbons (Fsp3) is 0.300. The zero-order valence-electron chi connectivity index (χ0n) is 8.16. The molecule has 0 fully saturated rings. The smallest absolute Gasteiger partial charge is 0.169 e. The number of hydrogen-bond acceptors (Lipinski definition) is 3. The van der Waals surface area contributed by atoms with Crippen LogP contribution in [0.4, 0.5) is 0 Å². The van der Waals surface area contributed by atoms with Crippen LogP contribution in [0.1, 0.15) is 11.5 Å². The average molecular weight is 270 g/mol. The first-order chi connectivity index (χ1) is 7.34. The molecule has 15 heavy (non-hydrogen) atoms. The first-order valence-electron chi connectivity index (χ1n) is 4.77. The number of halogens is 1. The second-order valence-electron chi connectivity index (χ2n) is 3.21. The molecule has 4 nitrogen and oxygen atoms in total. The van der Waals surface area contributed by atoms with Crippen LogP contribution in [-0.4, -0.2) is 16.5 Å². The van der Waals surface area contributed by atoms with Crippen molar-refractivity contribution in [2.24, 2.45) is 0 Å². The highest BCUT2D eigenvalue weighted by atomic mass is 79.9. The Morgan fingerprint density at radius 3 is 3.07 bits per heavy atom. The molecule has 0 amide bonds. The zero-order valence-corrected chi connectivity index (χ0v) is 9.75. The number of nitrogens with one attached hydrogen (secondary N) is 2. The Balaban J connectivity index is 1.67. The standard InChI is InChI=1S/C10H12BrN3O/c11-10-2-1-9(15-10)3-4-12-5-8-6-13-7-14-8/h1-2,6-7,12H,3-5H2,(H,13,14). The molecule has 2 rings (SSSR count). The Labute approximate surface area is 96.2 Å². The van der Waals surface area contributed by atoms with Gasteiger partial charge in [-0.2, -0.15) is 0 Å². The van der Waals surface area contributed by atoms with Gasteiger partial charge in [0.05, 0.1) is 6.33 Å². The third kappa shape index (κ3) is 3.21. The number of nitrogens with zero attached hydrogens (tertiary/aromatic N) is 1. The van der Waals surface area contributed by atoms with Crippen molar-refractivity contribution in [3.63, 3.8) is 0 Å². The van der Waals surface area contributed by atoms with E-state index in [-0.39, 0.29) is 0 Å². The number of rotatable bonds is 5. The number of hydrogen-bond donors (Lipinski definition) is 2. The van der Waals surface area contributed by atoms with Gasteiger partial charge in [0.2, 0.25) is 0 Å². The lowest BCUT2D eigenvalue weighted by atomic mass is 10.3. The summed E-state index contributed by atoms with van der Waals surface area (Å²) in [5.74, 6) is 0.985. The maximum absolute atomic E-state index is 5.38. The van der Waals surface area contributed by atoms with Gasteiger partial charge in [0, 0.05) is 31.4 Å². The molecule has 2 aromatic heterocycles. The maximum Gasteiger partial charge on any atom is 0.169 e. The minimum Gasteiger partial charge on any atom is -0.454 e. The SMILES string of the molecule is Brc1ccc(CCNCc2cnc[nH]2)o1. The van der Waals surface area contributed by atoms with E-state index in [0.29, 0.717) is 0 Å². The van der Waals surface area contributed by atoms with Crippen molar-refractivity contribution in [1.29, 1.82) is 0 Å². The van der Waals surface area contributed by atoms with Crippen LogP contribution in [0.5, 0.6) is 0 Å². The van der Waals surface area contributed by atoms with Crippen LogP contribution in [0, 0.1) is 0 Å². The van der Waals surface area contributed by atoms with E-state index in [0.717, 1.165) is 35.6 Å². The third-order valence-electron chi connectivity index (χ3n) is 2.05. The van der Waals surface area contributed by atoms with Gasteiger partial charge in [-0.15, -0.1) is 0 Å². The lowest BCUT2D eigenvalue weighted by Crippen LogP contribution is -2.16. The second-order valence-corrected chi connectivity index (χ2v) is 3.99. The molecular weight excluding hydrogens is 258 g/mol. The largest absolute Gasteiger partial charge is 0.454 e. The van der Waals surface area contributed by atoms with Gasteiger partial charge in [-0.05, 0) is 28.1 Å². The second kappa shape index (κ2) is 5.14. The molecule has 0 aliphatic heterocycles. The summed E-state index contributed by atoms with van der Waals surface area (Å²) in [6, 6.07) is 3.88. The van der Waals surface area contributed by atoms with Crippen molar-refractivity contribution in [2.45, 2.75) is 13.0 Å². The molecule has 5 heteroatoms. The number of imidazole rings is 1. The molecule has 2 heterocycles. The van der Waals surface area contributed by atoms with Gasteiger partial charge in [-0.25, -0.2) is 4.98 Å². The van der Waals surface area contributed by atoms with Crippen molar-refractivity contribution in [3.8, 4) is 0 Å². The molecular formula is C10H12BrN3O. The van der Waals surface area contributed by atoms with Gasteiger partial charge in [-0.3, -0.25) is 0 Å². The van der Waals surface area contributed by atoms with Gasteiger partial charge in [0.15, 0.2) is 4.67 Å². The van der Waals surface area contributed by atoms with Gasteiger partial charge in [0.1, 0.15) is 5.76 Å². The van der Waals surface area contributed by atoms with Crippen LogP contribution in [0.2, 0.25) is 0 Å². The normalized spacial score (nSPS) is 10.7. The summed E-state index contributed by atoms with van der Waals surface area (Å²) in [7, 11) is 0. The van der Waals surface area contributed by atoms with Crippen LogP contribution in [0.25, 0.3) is 0 Å². The number of aromatic amines is 1. The lowest BCUT2D eigenvalue weighted by Gasteiger charge is -2.00. The van der Waals surface area contributed by atoms with E-state index in [1.54, 1.807) is 6.33 Å². The van der Waals surface area contributed by atoms with Crippen molar-refractivity contribution >= 4 is 15.9 Å². The Bertz CT molecular complexity index is 396. The molecule has 0 unspecified atom stereocenters. The summed E-state index contributed by atoms with van der Waals surface area (Å²) in [5.41, 5.74) is 1.09. The summed E-state index contributed by atoms with van der Waals surface area (Å²) in [6.45, 7) is 1.70. The van der Waals surface area contributed by atoms with Crippen molar-refractivity contribution in [1.82, 2.24) is 15.3 Å². The summed E-state index contributed by atoms with van der Waals surface area (Å²) in [4.78, 5) is 6.98. The summed E-state index contributed by atoms with van der Waals surface area (Å²) < 4.78 is 6.16. The molecule has 0 spiro atoms. The number of H-pyrrole nitrogens is 1. The minimum atomic E-state index is 0.783. The molecule has 0 aliphatic rings. The summed E-state index contributed by atoms with van der Waals surface area (Å²) in [5, 5.41) is 3.30. The predicted octanol–water partition coefficient (Wildman–Crippen LogP) is 2.10. The lowest BCUT2D eigenvalue weighted by molar-refractivity contribution is 0.479. The fourth-order valence-electron chi connectivity index (χ4n) is 1.30. The monoisotopic (exact) mass is 269 g/mol.